The quantitative estimate of drug-likeness (QED) is 0.684. The van der Waals surface area contributed by atoms with Crippen LogP contribution in [0.5, 0.6) is 0 Å². The second kappa shape index (κ2) is 3.37. The third kappa shape index (κ3) is 2.22. The lowest BCUT2D eigenvalue weighted by Gasteiger charge is -1.99. The van der Waals surface area contributed by atoms with E-state index in [4.69, 9.17) is 0 Å². The van der Waals surface area contributed by atoms with Gasteiger partial charge in [0.1, 0.15) is 0 Å². The Morgan fingerprint density at radius 2 is 2.18 bits per heavy atom. The Kier molecular flexibility index (Phi) is 2.47. The van der Waals surface area contributed by atoms with Gasteiger partial charge >= 0.3 is 0 Å². The molecule has 2 heteroatoms. The number of aryl methyl sites for hydroxylation is 2. The standard InChI is InChI=1S/C9H13NO/c1-3-4-8-6-9(11)5-7(2)10-8/h5-6H,3-4H2,1-2H3,(H,10,11). The second-order valence-corrected chi connectivity index (χ2v) is 2.77. The normalized spacial score (nSPS) is 10.0. The minimum absolute atomic E-state index is 0.102. The fourth-order valence-electron chi connectivity index (χ4n) is 1.16. The van der Waals surface area contributed by atoms with E-state index in [-0.39, 0.29) is 5.43 Å². The molecule has 1 rings (SSSR count). The molecule has 0 aliphatic rings. The minimum atomic E-state index is 0.102. The Morgan fingerprint density at radius 1 is 1.45 bits per heavy atom. The summed E-state index contributed by atoms with van der Waals surface area (Å²) in [6.45, 7) is 4.00. The van der Waals surface area contributed by atoms with E-state index in [0.29, 0.717) is 0 Å². The minimum Gasteiger partial charge on any atom is -0.362 e. The van der Waals surface area contributed by atoms with Gasteiger partial charge in [-0.2, -0.15) is 0 Å². The maximum absolute atomic E-state index is 11.0. The summed E-state index contributed by atoms with van der Waals surface area (Å²) < 4.78 is 0. The zero-order valence-corrected chi connectivity index (χ0v) is 6.98. The summed E-state index contributed by atoms with van der Waals surface area (Å²) in [6.07, 6.45) is 2.02. The molecule has 60 valence electrons. The molecule has 0 bridgehead atoms. The molecule has 1 N–H and O–H groups in total. The van der Waals surface area contributed by atoms with Gasteiger partial charge in [-0.1, -0.05) is 13.3 Å². The first-order chi connectivity index (χ1) is 5.22. The van der Waals surface area contributed by atoms with Crippen LogP contribution in [-0.2, 0) is 6.42 Å². The Labute approximate surface area is 66.3 Å². The molecule has 0 amide bonds. The average Bonchev–Trinajstić information content (AvgIpc) is 1.85. The number of aromatic nitrogens is 1. The number of hydrogen-bond acceptors (Lipinski definition) is 1. The predicted molar refractivity (Wildman–Crippen MR) is 45.8 cm³/mol. The number of hydrogen-bond donors (Lipinski definition) is 1. The lowest BCUT2D eigenvalue weighted by atomic mass is 10.2. The van der Waals surface area contributed by atoms with Crippen LogP contribution in [0.1, 0.15) is 24.7 Å². The molecule has 2 nitrogen and oxygen atoms in total. The van der Waals surface area contributed by atoms with Crippen molar-refractivity contribution in [3.8, 4) is 0 Å². The van der Waals surface area contributed by atoms with Crippen molar-refractivity contribution in [3.63, 3.8) is 0 Å². The summed E-state index contributed by atoms with van der Waals surface area (Å²) in [6, 6.07) is 3.27. The first-order valence-electron chi connectivity index (χ1n) is 3.92. The van der Waals surface area contributed by atoms with E-state index in [1.165, 1.54) is 0 Å². The molecule has 1 heterocycles. The fraction of sp³-hybridized carbons (Fsp3) is 0.444. The predicted octanol–water partition coefficient (Wildman–Crippen LogP) is 1.64. The van der Waals surface area contributed by atoms with Crippen molar-refractivity contribution < 1.29 is 0 Å². The van der Waals surface area contributed by atoms with Crippen LogP contribution in [0.15, 0.2) is 16.9 Å². The van der Waals surface area contributed by atoms with Crippen molar-refractivity contribution in [3.05, 3.63) is 33.7 Å². The molecule has 0 saturated heterocycles. The lowest BCUT2D eigenvalue weighted by Crippen LogP contribution is -2.03. The van der Waals surface area contributed by atoms with Gasteiger partial charge in [0.05, 0.1) is 0 Å². The Hall–Kier alpha value is -1.05. The number of H-pyrrole nitrogens is 1. The monoisotopic (exact) mass is 151 g/mol. The van der Waals surface area contributed by atoms with Gasteiger partial charge in [0.15, 0.2) is 5.43 Å². The molecule has 0 aliphatic heterocycles. The molecule has 0 fully saturated rings. The summed E-state index contributed by atoms with van der Waals surface area (Å²) in [7, 11) is 0. The van der Waals surface area contributed by atoms with Gasteiger partial charge in [-0.25, -0.2) is 0 Å². The van der Waals surface area contributed by atoms with E-state index in [9.17, 15) is 4.79 Å². The summed E-state index contributed by atoms with van der Waals surface area (Å²) in [5.41, 5.74) is 2.09. The van der Waals surface area contributed by atoms with E-state index in [0.717, 1.165) is 24.2 Å². The molecule has 0 aliphatic carbocycles. The van der Waals surface area contributed by atoms with E-state index in [1.54, 1.807) is 12.1 Å². The third-order valence-corrected chi connectivity index (χ3v) is 1.55. The molecule has 0 atom stereocenters. The number of pyridine rings is 1. The molecule has 0 spiro atoms. The van der Waals surface area contributed by atoms with Crippen molar-refractivity contribution in [2.45, 2.75) is 26.7 Å². The highest BCUT2D eigenvalue weighted by atomic mass is 16.1. The van der Waals surface area contributed by atoms with Crippen LogP contribution < -0.4 is 5.43 Å². The van der Waals surface area contributed by atoms with Crippen molar-refractivity contribution in [2.24, 2.45) is 0 Å². The molecular weight excluding hydrogens is 138 g/mol. The third-order valence-electron chi connectivity index (χ3n) is 1.55. The highest BCUT2D eigenvalue weighted by Gasteiger charge is 1.93. The highest BCUT2D eigenvalue weighted by molar-refractivity contribution is 5.10. The topological polar surface area (TPSA) is 32.9 Å². The molecule has 0 unspecified atom stereocenters. The van der Waals surface area contributed by atoms with Gasteiger partial charge in [-0.15, -0.1) is 0 Å². The summed E-state index contributed by atoms with van der Waals surface area (Å²) in [4.78, 5) is 14.1. The smallest absolute Gasteiger partial charge is 0.182 e. The largest absolute Gasteiger partial charge is 0.362 e. The van der Waals surface area contributed by atoms with Crippen molar-refractivity contribution in [2.75, 3.05) is 0 Å². The number of aromatic amines is 1. The van der Waals surface area contributed by atoms with Gasteiger partial charge in [-0.05, 0) is 13.3 Å². The number of nitrogens with one attached hydrogen (secondary N) is 1. The van der Waals surface area contributed by atoms with E-state index >= 15 is 0 Å². The Morgan fingerprint density at radius 3 is 2.73 bits per heavy atom. The maximum Gasteiger partial charge on any atom is 0.182 e. The van der Waals surface area contributed by atoms with E-state index < -0.39 is 0 Å². The van der Waals surface area contributed by atoms with Crippen LogP contribution in [0.4, 0.5) is 0 Å². The van der Waals surface area contributed by atoms with Crippen molar-refractivity contribution in [1.82, 2.24) is 4.98 Å². The van der Waals surface area contributed by atoms with E-state index in [1.807, 2.05) is 6.92 Å². The Balaban J connectivity index is 2.99. The molecule has 11 heavy (non-hydrogen) atoms. The zero-order valence-electron chi connectivity index (χ0n) is 6.98. The van der Waals surface area contributed by atoms with Gasteiger partial charge in [-0.3, -0.25) is 4.79 Å². The average molecular weight is 151 g/mol. The molecule has 0 radical (unpaired) electrons. The first-order valence-corrected chi connectivity index (χ1v) is 3.92. The van der Waals surface area contributed by atoms with Gasteiger partial charge < -0.3 is 4.98 Å². The summed E-state index contributed by atoms with van der Waals surface area (Å²) in [5.74, 6) is 0. The zero-order chi connectivity index (χ0) is 8.27. The van der Waals surface area contributed by atoms with E-state index in [2.05, 4.69) is 11.9 Å². The van der Waals surface area contributed by atoms with Crippen molar-refractivity contribution in [1.29, 1.82) is 0 Å². The molecule has 0 aromatic carbocycles. The molecule has 0 saturated carbocycles. The second-order valence-electron chi connectivity index (χ2n) is 2.77. The van der Waals surface area contributed by atoms with Crippen LogP contribution in [0.2, 0.25) is 0 Å². The lowest BCUT2D eigenvalue weighted by molar-refractivity contribution is 0.871. The molecule has 1 aromatic rings. The van der Waals surface area contributed by atoms with Crippen LogP contribution in [0, 0.1) is 6.92 Å². The highest BCUT2D eigenvalue weighted by Crippen LogP contribution is 1.96. The Bertz CT molecular complexity index is 288. The summed E-state index contributed by atoms with van der Waals surface area (Å²) >= 11 is 0. The summed E-state index contributed by atoms with van der Waals surface area (Å²) in [5, 5.41) is 0. The van der Waals surface area contributed by atoms with Gasteiger partial charge in [0, 0.05) is 23.5 Å². The van der Waals surface area contributed by atoms with Crippen molar-refractivity contribution >= 4 is 0 Å². The van der Waals surface area contributed by atoms with Crippen LogP contribution in [0.3, 0.4) is 0 Å². The van der Waals surface area contributed by atoms with Gasteiger partial charge in [0.2, 0.25) is 0 Å². The first kappa shape index (κ1) is 8.05. The number of rotatable bonds is 2. The van der Waals surface area contributed by atoms with Gasteiger partial charge in [0.25, 0.3) is 0 Å². The molecule has 1 aromatic heterocycles. The maximum atomic E-state index is 11.0. The van der Waals surface area contributed by atoms with Crippen LogP contribution in [-0.4, -0.2) is 4.98 Å². The fourth-order valence-corrected chi connectivity index (χ4v) is 1.16. The van der Waals surface area contributed by atoms with Crippen LogP contribution in [0.25, 0.3) is 0 Å². The van der Waals surface area contributed by atoms with Crippen LogP contribution >= 0.6 is 0 Å². The molecular formula is C9H13NO. The SMILES string of the molecule is CCCc1cc(=O)cc(C)[nH]1.